The fourth-order valence-electron chi connectivity index (χ4n) is 2.13. The summed E-state index contributed by atoms with van der Waals surface area (Å²) < 4.78 is 0. The van der Waals surface area contributed by atoms with Crippen molar-refractivity contribution in [1.29, 1.82) is 0 Å². The molecule has 0 bridgehead atoms. The van der Waals surface area contributed by atoms with E-state index in [1.165, 1.54) is 0 Å². The van der Waals surface area contributed by atoms with Gasteiger partial charge in [-0.05, 0) is 32.2 Å². The molecule has 0 spiro atoms. The molecule has 5 heteroatoms. The lowest BCUT2D eigenvalue weighted by atomic mass is 9.81. The standard InChI is InChI=1S/C12H23N3O2/c1-8(2)9(10(13)16)15-11(17)12(3)5-4-6-14-7-12/h8-9,14H,4-7H2,1-3H3,(H2,13,16)(H,15,17). The van der Waals surface area contributed by atoms with Gasteiger partial charge >= 0.3 is 0 Å². The molecular weight excluding hydrogens is 218 g/mol. The highest BCUT2D eigenvalue weighted by molar-refractivity contribution is 5.89. The third-order valence-corrected chi connectivity index (χ3v) is 3.41. The summed E-state index contributed by atoms with van der Waals surface area (Å²) in [4.78, 5) is 23.4. The van der Waals surface area contributed by atoms with Crippen LogP contribution in [0.1, 0.15) is 33.6 Å². The van der Waals surface area contributed by atoms with E-state index in [0.29, 0.717) is 6.54 Å². The van der Waals surface area contributed by atoms with Crippen molar-refractivity contribution < 1.29 is 9.59 Å². The van der Waals surface area contributed by atoms with Crippen LogP contribution in [0.2, 0.25) is 0 Å². The molecule has 1 saturated heterocycles. The van der Waals surface area contributed by atoms with Gasteiger partial charge < -0.3 is 16.4 Å². The van der Waals surface area contributed by atoms with Crippen molar-refractivity contribution in [2.45, 2.75) is 39.7 Å². The number of piperidine rings is 1. The molecule has 2 amide bonds. The van der Waals surface area contributed by atoms with Gasteiger partial charge in [0.15, 0.2) is 0 Å². The molecular formula is C12H23N3O2. The van der Waals surface area contributed by atoms with E-state index in [9.17, 15) is 9.59 Å². The second-order valence-electron chi connectivity index (χ2n) is 5.44. The Kier molecular flexibility index (Phi) is 4.51. The maximum Gasteiger partial charge on any atom is 0.240 e. The van der Waals surface area contributed by atoms with Gasteiger partial charge in [0.1, 0.15) is 6.04 Å². The topological polar surface area (TPSA) is 84.2 Å². The lowest BCUT2D eigenvalue weighted by Gasteiger charge is -2.34. The van der Waals surface area contributed by atoms with Crippen LogP contribution in [-0.2, 0) is 9.59 Å². The van der Waals surface area contributed by atoms with Crippen LogP contribution in [0.3, 0.4) is 0 Å². The molecule has 2 unspecified atom stereocenters. The van der Waals surface area contributed by atoms with Crippen molar-refractivity contribution in [2.75, 3.05) is 13.1 Å². The van der Waals surface area contributed by atoms with Crippen LogP contribution in [0, 0.1) is 11.3 Å². The van der Waals surface area contributed by atoms with Crippen LogP contribution in [0.15, 0.2) is 0 Å². The van der Waals surface area contributed by atoms with Crippen LogP contribution >= 0.6 is 0 Å². The van der Waals surface area contributed by atoms with E-state index in [1.807, 2.05) is 20.8 Å². The van der Waals surface area contributed by atoms with E-state index in [1.54, 1.807) is 0 Å². The lowest BCUT2D eigenvalue weighted by molar-refractivity contribution is -0.135. The first-order chi connectivity index (χ1) is 7.87. The van der Waals surface area contributed by atoms with E-state index in [4.69, 9.17) is 5.73 Å². The van der Waals surface area contributed by atoms with Gasteiger partial charge in [0.05, 0.1) is 5.41 Å². The normalized spacial score (nSPS) is 26.6. The number of amides is 2. The Balaban J connectivity index is 2.66. The highest BCUT2D eigenvalue weighted by Crippen LogP contribution is 2.25. The molecule has 0 saturated carbocycles. The molecule has 4 N–H and O–H groups in total. The van der Waals surface area contributed by atoms with E-state index in [0.717, 1.165) is 19.4 Å². The third kappa shape index (κ3) is 3.43. The average Bonchev–Trinajstić information content (AvgIpc) is 2.25. The largest absolute Gasteiger partial charge is 0.368 e. The smallest absolute Gasteiger partial charge is 0.240 e. The number of hydrogen-bond acceptors (Lipinski definition) is 3. The van der Waals surface area contributed by atoms with Gasteiger partial charge in [-0.3, -0.25) is 9.59 Å². The first-order valence-electron chi connectivity index (χ1n) is 6.18. The molecule has 0 aliphatic carbocycles. The molecule has 0 aromatic heterocycles. The summed E-state index contributed by atoms with van der Waals surface area (Å²) in [6, 6.07) is -0.582. The molecule has 1 heterocycles. The third-order valence-electron chi connectivity index (χ3n) is 3.41. The van der Waals surface area contributed by atoms with Gasteiger partial charge in [-0.15, -0.1) is 0 Å². The Labute approximate surface area is 103 Å². The number of carbonyl (C=O) groups is 2. The first kappa shape index (κ1) is 14.0. The van der Waals surface area contributed by atoms with Crippen LogP contribution < -0.4 is 16.4 Å². The zero-order valence-electron chi connectivity index (χ0n) is 10.9. The van der Waals surface area contributed by atoms with E-state index in [2.05, 4.69) is 10.6 Å². The van der Waals surface area contributed by atoms with Crippen molar-refractivity contribution >= 4 is 11.8 Å². The summed E-state index contributed by atoms with van der Waals surface area (Å²) >= 11 is 0. The highest BCUT2D eigenvalue weighted by atomic mass is 16.2. The van der Waals surface area contributed by atoms with Crippen molar-refractivity contribution in [1.82, 2.24) is 10.6 Å². The van der Waals surface area contributed by atoms with Crippen molar-refractivity contribution in [2.24, 2.45) is 17.1 Å². The van der Waals surface area contributed by atoms with E-state index >= 15 is 0 Å². The number of hydrogen-bond donors (Lipinski definition) is 3. The zero-order chi connectivity index (χ0) is 13.1. The molecule has 1 aliphatic rings. The number of nitrogens with one attached hydrogen (secondary N) is 2. The van der Waals surface area contributed by atoms with Crippen molar-refractivity contribution in [3.8, 4) is 0 Å². The molecule has 0 radical (unpaired) electrons. The highest BCUT2D eigenvalue weighted by Gasteiger charge is 2.36. The minimum Gasteiger partial charge on any atom is -0.368 e. The maximum atomic E-state index is 12.2. The summed E-state index contributed by atoms with van der Waals surface area (Å²) in [6.07, 6.45) is 1.82. The Morgan fingerprint density at radius 3 is 2.47 bits per heavy atom. The molecule has 1 rings (SSSR count). The SMILES string of the molecule is CC(C)C(NC(=O)C1(C)CCCNC1)C(N)=O. The minimum absolute atomic E-state index is 0.0107. The van der Waals surface area contributed by atoms with Crippen LogP contribution in [0.25, 0.3) is 0 Å². The average molecular weight is 241 g/mol. The fraction of sp³-hybridized carbons (Fsp3) is 0.833. The van der Waals surface area contributed by atoms with Gasteiger partial charge in [0.2, 0.25) is 11.8 Å². The van der Waals surface area contributed by atoms with E-state index < -0.39 is 17.4 Å². The van der Waals surface area contributed by atoms with Crippen molar-refractivity contribution in [3.05, 3.63) is 0 Å². The fourth-order valence-corrected chi connectivity index (χ4v) is 2.13. The zero-order valence-corrected chi connectivity index (χ0v) is 10.9. The Hall–Kier alpha value is -1.10. The number of primary amides is 1. The number of carbonyl (C=O) groups excluding carboxylic acids is 2. The second-order valence-corrected chi connectivity index (χ2v) is 5.44. The first-order valence-corrected chi connectivity index (χ1v) is 6.18. The summed E-state index contributed by atoms with van der Waals surface area (Å²) in [5, 5.41) is 5.98. The summed E-state index contributed by atoms with van der Waals surface area (Å²) in [5.74, 6) is -0.542. The van der Waals surface area contributed by atoms with Gasteiger partial charge in [0.25, 0.3) is 0 Å². The lowest BCUT2D eigenvalue weighted by Crippen LogP contribution is -2.55. The molecule has 1 aliphatic heterocycles. The number of rotatable bonds is 4. The molecule has 98 valence electrons. The quantitative estimate of drug-likeness (QED) is 0.648. The Bertz CT molecular complexity index is 296. The van der Waals surface area contributed by atoms with Crippen LogP contribution in [0.4, 0.5) is 0 Å². The summed E-state index contributed by atoms with van der Waals surface area (Å²) in [5.41, 5.74) is 4.86. The monoisotopic (exact) mass is 241 g/mol. The molecule has 0 aromatic carbocycles. The minimum atomic E-state index is -0.582. The van der Waals surface area contributed by atoms with E-state index in [-0.39, 0.29) is 11.8 Å². The molecule has 1 fully saturated rings. The molecule has 17 heavy (non-hydrogen) atoms. The predicted molar refractivity (Wildman–Crippen MR) is 66.2 cm³/mol. The Morgan fingerprint density at radius 1 is 1.41 bits per heavy atom. The van der Waals surface area contributed by atoms with Crippen LogP contribution in [-0.4, -0.2) is 30.9 Å². The number of nitrogens with two attached hydrogens (primary N) is 1. The van der Waals surface area contributed by atoms with Gasteiger partial charge in [0, 0.05) is 6.54 Å². The molecule has 2 atom stereocenters. The molecule has 5 nitrogen and oxygen atoms in total. The van der Waals surface area contributed by atoms with Crippen LogP contribution in [0.5, 0.6) is 0 Å². The summed E-state index contributed by atoms with van der Waals surface area (Å²) in [6.45, 7) is 7.27. The predicted octanol–water partition coefficient (Wildman–Crippen LogP) is 0.00220. The van der Waals surface area contributed by atoms with Gasteiger partial charge in [-0.25, -0.2) is 0 Å². The summed E-state index contributed by atoms with van der Waals surface area (Å²) in [7, 11) is 0. The molecule has 0 aromatic rings. The Morgan fingerprint density at radius 2 is 2.06 bits per heavy atom. The van der Waals surface area contributed by atoms with Gasteiger partial charge in [-0.1, -0.05) is 13.8 Å². The van der Waals surface area contributed by atoms with Crippen molar-refractivity contribution in [3.63, 3.8) is 0 Å². The second kappa shape index (κ2) is 5.49. The maximum absolute atomic E-state index is 12.2. The van der Waals surface area contributed by atoms with Gasteiger partial charge in [-0.2, -0.15) is 0 Å².